The topological polar surface area (TPSA) is 62.7 Å². The van der Waals surface area contributed by atoms with Crippen LogP contribution in [0.2, 0.25) is 0 Å². The van der Waals surface area contributed by atoms with Crippen molar-refractivity contribution in [2.45, 2.75) is 70.9 Å². The molecule has 1 aromatic heterocycles. The molecule has 0 radical (unpaired) electrons. The van der Waals surface area contributed by atoms with Crippen molar-refractivity contribution in [2.75, 3.05) is 13.1 Å². The first-order valence-corrected chi connectivity index (χ1v) is 14.4. The van der Waals surface area contributed by atoms with Crippen LogP contribution in [-0.2, 0) is 17.8 Å². The zero-order chi connectivity index (χ0) is 27.1. The summed E-state index contributed by atoms with van der Waals surface area (Å²) in [7, 11) is 0. The Bertz CT molecular complexity index is 1380. The van der Waals surface area contributed by atoms with Crippen molar-refractivity contribution in [1.82, 2.24) is 9.88 Å². The number of halogens is 1. The molecule has 204 valence electrons. The molecular weight excluding hydrogens is 491 g/mol. The molecule has 2 aliphatic heterocycles. The molecule has 0 bridgehead atoms. The molecule has 1 saturated heterocycles. The summed E-state index contributed by atoms with van der Waals surface area (Å²) in [5, 5.41) is 9.74. The quantitative estimate of drug-likeness (QED) is 0.339. The monoisotopic (exact) mass is 528 g/mol. The maximum absolute atomic E-state index is 14.7. The van der Waals surface area contributed by atoms with Crippen molar-refractivity contribution < 1.29 is 19.0 Å². The molecule has 3 heterocycles. The molecule has 3 aromatic rings. The first-order chi connectivity index (χ1) is 18.9. The summed E-state index contributed by atoms with van der Waals surface area (Å²) in [5.74, 6) is -0.149. The molecule has 6 heteroatoms. The number of carboxylic acids is 1. The van der Waals surface area contributed by atoms with Crippen LogP contribution >= 0.6 is 0 Å². The van der Waals surface area contributed by atoms with E-state index in [-0.39, 0.29) is 17.8 Å². The molecule has 1 N–H and O–H groups in total. The van der Waals surface area contributed by atoms with Crippen LogP contribution in [0.4, 0.5) is 4.39 Å². The number of benzene rings is 2. The standard InChI is InChI=1S/C33H37FN2O3/c1-20-15-28(29(34)18-35-20)24-9-11-27(26(16-24)19-36-13-3-4-14-36)30-12-10-22-5-8-25(17-31(22)39-30)32(23-6-7-23)21(2)33(37)38/h5,8-9,11,15-18,21,23,30,32H,3-4,6-7,10,12-14,19H2,1-2H3,(H,37,38)/t21-,30?,32-/m0/s1. The summed E-state index contributed by atoms with van der Waals surface area (Å²) < 4.78 is 21.4. The van der Waals surface area contributed by atoms with Gasteiger partial charge in [-0.25, -0.2) is 4.39 Å². The van der Waals surface area contributed by atoms with E-state index in [9.17, 15) is 14.3 Å². The summed E-state index contributed by atoms with van der Waals surface area (Å²) in [5.41, 5.74) is 6.83. The Balaban J connectivity index is 1.33. The van der Waals surface area contributed by atoms with Gasteiger partial charge in [0, 0.05) is 17.8 Å². The predicted octanol–water partition coefficient (Wildman–Crippen LogP) is 7.07. The number of ether oxygens (including phenoxy) is 1. The Kier molecular flexibility index (Phi) is 7.15. The number of fused-ring (bicyclic) bond motifs is 1. The Labute approximate surface area is 230 Å². The molecule has 5 nitrogen and oxygen atoms in total. The number of carbonyl (C=O) groups is 1. The van der Waals surface area contributed by atoms with Crippen molar-refractivity contribution in [3.63, 3.8) is 0 Å². The van der Waals surface area contributed by atoms with Crippen molar-refractivity contribution in [2.24, 2.45) is 11.8 Å². The van der Waals surface area contributed by atoms with Gasteiger partial charge in [-0.05, 0) is 116 Å². The van der Waals surface area contributed by atoms with E-state index >= 15 is 0 Å². The third-order valence-corrected chi connectivity index (χ3v) is 8.86. The van der Waals surface area contributed by atoms with Gasteiger partial charge in [0.1, 0.15) is 17.7 Å². The number of aliphatic carboxylic acids is 1. The van der Waals surface area contributed by atoms with Gasteiger partial charge >= 0.3 is 5.97 Å². The minimum atomic E-state index is -0.740. The fourth-order valence-corrected chi connectivity index (χ4v) is 6.56. The van der Waals surface area contributed by atoms with E-state index in [1.807, 2.05) is 26.0 Å². The number of hydrogen-bond acceptors (Lipinski definition) is 4. The highest BCUT2D eigenvalue weighted by Gasteiger charge is 2.39. The minimum absolute atomic E-state index is 0.0144. The number of likely N-dealkylation sites (tertiary alicyclic amines) is 1. The Morgan fingerprint density at radius 2 is 1.92 bits per heavy atom. The number of aromatic nitrogens is 1. The van der Waals surface area contributed by atoms with Crippen molar-refractivity contribution in [3.8, 4) is 16.9 Å². The molecule has 3 atom stereocenters. The largest absolute Gasteiger partial charge is 0.485 e. The molecule has 1 aliphatic carbocycles. The van der Waals surface area contributed by atoms with Crippen molar-refractivity contribution >= 4 is 5.97 Å². The van der Waals surface area contributed by atoms with E-state index in [1.165, 1.54) is 30.2 Å². The Morgan fingerprint density at radius 3 is 2.67 bits per heavy atom. The summed E-state index contributed by atoms with van der Waals surface area (Å²) in [6, 6.07) is 14.4. The normalized spacial score (nSPS) is 20.7. The van der Waals surface area contributed by atoms with Gasteiger partial charge in [-0.15, -0.1) is 0 Å². The van der Waals surface area contributed by atoms with Crippen LogP contribution in [0.3, 0.4) is 0 Å². The number of rotatable bonds is 8. The van der Waals surface area contributed by atoms with E-state index in [0.29, 0.717) is 11.5 Å². The molecule has 2 aromatic carbocycles. The van der Waals surface area contributed by atoms with Gasteiger partial charge in [-0.1, -0.05) is 31.2 Å². The second-order valence-corrected chi connectivity index (χ2v) is 11.7. The van der Waals surface area contributed by atoms with Gasteiger partial charge in [0.15, 0.2) is 0 Å². The molecule has 0 amide bonds. The van der Waals surface area contributed by atoms with Crippen molar-refractivity contribution in [1.29, 1.82) is 0 Å². The van der Waals surface area contributed by atoms with Crippen LogP contribution in [0.25, 0.3) is 11.1 Å². The average Bonchev–Trinajstić information content (AvgIpc) is 3.63. The van der Waals surface area contributed by atoms with Crippen LogP contribution < -0.4 is 4.74 Å². The van der Waals surface area contributed by atoms with Gasteiger partial charge in [0.25, 0.3) is 0 Å². The average molecular weight is 529 g/mol. The smallest absolute Gasteiger partial charge is 0.306 e. The minimum Gasteiger partial charge on any atom is -0.485 e. The van der Waals surface area contributed by atoms with Gasteiger partial charge in [-0.3, -0.25) is 14.7 Å². The van der Waals surface area contributed by atoms with E-state index in [4.69, 9.17) is 4.74 Å². The molecule has 39 heavy (non-hydrogen) atoms. The predicted molar refractivity (Wildman–Crippen MR) is 149 cm³/mol. The lowest BCUT2D eigenvalue weighted by atomic mass is 9.82. The Morgan fingerprint density at radius 1 is 1.13 bits per heavy atom. The highest BCUT2D eigenvalue weighted by atomic mass is 19.1. The molecule has 6 rings (SSSR count). The molecule has 1 unspecified atom stereocenters. The summed E-state index contributed by atoms with van der Waals surface area (Å²) in [4.78, 5) is 18.4. The third kappa shape index (κ3) is 5.44. The van der Waals surface area contributed by atoms with Gasteiger partial charge in [-0.2, -0.15) is 0 Å². The van der Waals surface area contributed by atoms with E-state index < -0.39 is 11.9 Å². The van der Waals surface area contributed by atoms with E-state index in [2.05, 4.69) is 40.2 Å². The second kappa shape index (κ2) is 10.7. The van der Waals surface area contributed by atoms with Gasteiger partial charge in [0.2, 0.25) is 0 Å². The number of carboxylic acid groups (broad SMARTS) is 1. The van der Waals surface area contributed by atoms with Crippen LogP contribution in [0.5, 0.6) is 5.75 Å². The zero-order valence-electron chi connectivity index (χ0n) is 22.8. The molecule has 1 saturated carbocycles. The number of hydrogen-bond donors (Lipinski definition) is 1. The van der Waals surface area contributed by atoms with Crippen LogP contribution in [-0.4, -0.2) is 34.0 Å². The van der Waals surface area contributed by atoms with Crippen LogP contribution in [0, 0.1) is 24.6 Å². The number of nitrogens with zero attached hydrogens (tertiary/aromatic N) is 2. The highest BCUT2D eigenvalue weighted by molar-refractivity contribution is 5.71. The van der Waals surface area contributed by atoms with Gasteiger partial charge < -0.3 is 9.84 Å². The zero-order valence-corrected chi connectivity index (χ0v) is 22.8. The van der Waals surface area contributed by atoms with Crippen LogP contribution in [0.15, 0.2) is 48.7 Å². The molecule has 0 spiro atoms. The first kappa shape index (κ1) is 26.0. The highest BCUT2D eigenvalue weighted by Crippen LogP contribution is 2.48. The molecule has 2 fully saturated rings. The van der Waals surface area contributed by atoms with Gasteiger partial charge in [0.05, 0.1) is 12.1 Å². The van der Waals surface area contributed by atoms with E-state index in [0.717, 1.165) is 73.5 Å². The maximum atomic E-state index is 14.7. The number of pyridine rings is 1. The lowest BCUT2D eigenvalue weighted by Gasteiger charge is -2.30. The van der Waals surface area contributed by atoms with Crippen LogP contribution in [0.1, 0.15) is 79.0 Å². The number of aryl methyl sites for hydroxylation is 2. The fraction of sp³-hybridized carbons (Fsp3) is 0.455. The first-order valence-electron chi connectivity index (χ1n) is 14.4. The lowest BCUT2D eigenvalue weighted by molar-refractivity contribution is -0.142. The molecule has 3 aliphatic rings. The summed E-state index contributed by atoms with van der Waals surface area (Å²) >= 11 is 0. The summed E-state index contributed by atoms with van der Waals surface area (Å²) in [6.45, 7) is 6.69. The van der Waals surface area contributed by atoms with E-state index in [1.54, 1.807) is 0 Å². The summed E-state index contributed by atoms with van der Waals surface area (Å²) in [6.07, 6.45) is 7.59. The third-order valence-electron chi connectivity index (χ3n) is 8.86. The Hall–Kier alpha value is -3.25. The lowest BCUT2D eigenvalue weighted by Crippen LogP contribution is -2.23. The fourth-order valence-electron chi connectivity index (χ4n) is 6.56. The second-order valence-electron chi connectivity index (χ2n) is 11.7. The van der Waals surface area contributed by atoms with Crippen molar-refractivity contribution in [3.05, 3.63) is 82.4 Å². The SMILES string of the molecule is Cc1cc(-c2ccc(C3CCc4ccc([C@H](C5CC5)[C@H](C)C(=O)O)cc4O3)c(CN3CCCC3)c2)c(F)cn1. The maximum Gasteiger partial charge on any atom is 0.306 e. The molecular formula is C33H37FN2O3.